The molecule has 0 bridgehead atoms. The van der Waals surface area contributed by atoms with Crippen molar-refractivity contribution in [2.45, 2.75) is 6.10 Å². The van der Waals surface area contributed by atoms with Gasteiger partial charge in [-0.15, -0.1) is 0 Å². The van der Waals surface area contributed by atoms with Crippen LogP contribution in [0.4, 0.5) is 4.39 Å². The number of rotatable bonds is 2. The molecule has 0 aliphatic heterocycles. The molecule has 1 nitrogen and oxygen atoms in total. The Morgan fingerprint density at radius 1 is 1.00 bits per heavy atom. The summed E-state index contributed by atoms with van der Waals surface area (Å²) in [6, 6.07) is 10.7. The Morgan fingerprint density at radius 2 is 1.65 bits per heavy atom. The summed E-state index contributed by atoms with van der Waals surface area (Å²) in [5.41, 5.74) is 1.12. The number of aliphatic hydroxyl groups excluding tert-OH is 1. The molecule has 88 valence electrons. The van der Waals surface area contributed by atoms with E-state index in [1.165, 1.54) is 18.2 Å². The number of benzene rings is 2. The Kier molecular flexibility index (Phi) is 3.67. The molecule has 0 fully saturated rings. The number of aliphatic hydroxyl groups is 1. The van der Waals surface area contributed by atoms with E-state index < -0.39 is 11.9 Å². The van der Waals surface area contributed by atoms with Gasteiger partial charge in [0.05, 0.1) is 0 Å². The molecular formula is C13H9Cl2FO. The largest absolute Gasteiger partial charge is 0.384 e. The van der Waals surface area contributed by atoms with Crippen LogP contribution in [-0.2, 0) is 0 Å². The first-order valence-corrected chi connectivity index (χ1v) is 5.72. The molecule has 1 atom stereocenters. The Bertz CT molecular complexity index is 525. The predicted octanol–water partition coefficient (Wildman–Crippen LogP) is 4.21. The molecule has 2 aromatic rings. The van der Waals surface area contributed by atoms with Gasteiger partial charge in [0.25, 0.3) is 0 Å². The Hall–Kier alpha value is -1.09. The minimum absolute atomic E-state index is 0.201. The molecule has 17 heavy (non-hydrogen) atoms. The quantitative estimate of drug-likeness (QED) is 0.867. The summed E-state index contributed by atoms with van der Waals surface area (Å²) in [6.07, 6.45) is -0.889. The van der Waals surface area contributed by atoms with Crippen molar-refractivity contribution in [3.8, 4) is 0 Å². The molecule has 1 N–H and O–H groups in total. The second-order valence-corrected chi connectivity index (χ2v) is 4.46. The highest BCUT2D eigenvalue weighted by Gasteiger charge is 2.14. The van der Waals surface area contributed by atoms with E-state index in [-0.39, 0.29) is 5.02 Å². The molecule has 2 rings (SSSR count). The fourth-order valence-electron chi connectivity index (χ4n) is 1.55. The molecule has 0 aromatic heterocycles. The zero-order chi connectivity index (χ0) is 12.4. The van der Waals surface area contributed by atoms with E-state index in [0.717, 1.165) is 0 Å². The molecule has 0 amide bonds. The summed E-state index contributed by atoms with van der Waals surface area (Å²) in [5, 5.41) is 10.9. The maximum atomic E-state index is 12.9. The van der Waals surface area contributed by atoms with Crippen molar-refractivity contribution in [2.24, 2.45) is 0 Å². The van der Waals surface area contributed by atoms with Crippen LogP contribution in [0.25, 0.3) is 0 Å². The monoisotopic (exact) mass is 270 g/mol. The van der Waals surface area contributed by atoms with Gasteiger partial charge in [0.15, 0.2) is 0 Å². The summed E-state index contributed by atoms with van der Waals surface area (Å²) in [4.78, 5) is 0. The van der Waals surface area contributed by atoms with Gasteiger partial charge in [-0.05, 0) is 29.8 Å². The molecule has 1 unspecified atom stereocenters. The Labute approximate surface area is 108 Å². The lowest BCUT2D eigenvalue weighted by atomic mass is 10.0. The first kappa shape index (κ1) is 12.4. The maximum Gasteiger partial charge on any atom is 0.124 e. The fourth-order valence-corrected chi connectivity index (χ4v) is 1.94. The van der Waals surface area contributed by atoms with Crippen molar-refractivity contribution in [2.75, 3.05) is 0 Å². The molecule has 0 aliphatic rings. The van der Waals surface area contributed by atoms with Gasteiger partial charge < -0.3 is 5.11 Å². The van der Waals surface area contributed by atoms with Gasteiger partial charge in [0.2, 0.25) is 0 Å². The summed E-state index contributed by atoms with van der Waals surface area (Å²) >= 11 is 11.6. The second kappa shape index (κ2) is 5.05. The van der Waals surface area contributed by atoms with E-state index in [2.05, 4.69) is 0 Å². The Balaban J connectivity index is 2.36. The lowest BCUT2D eigenvalue weighted by Crippen LogP contribution is -2.00. The number of hydrogen-bond acceptors (Lipinski definition) is 1. The maximum absolute atomic E-state index is 12.9. The van der Waals surface area contributed by atoms with E-state index in [1.807, 2.05) is 0 Å². The van der Waals surface area contributed by atoms with Crippen molar-refractivity contribution in [1.29, 1.82) is 0 Å². The molecule has 4 heteroatoms. The van der Waals surface area contributed by atoms with Crippen LogP contribution in [0.2, 0.25) is 10.0 Å². The van der Waals surface area contributed by atoms with Gasteiger partial charge in [-0.1, -0.05) is 41.4 Å². The van der Waals surface area contributed by atoms with Crippen LogP contribution in [-0.4, -0.2) is 5.11 Å². The summed E-state index contributed by atoms with van der Waals surface area (Å²) in [5.74, 6) is -0.429. The smallest absolute Gasteiger partial charge is 0.124 e. The van der Waals surface area contributed by atoms with Crippen LogP contribution in [0.3, 0.4) is 0 Å². The molecule has 0 radical (unpaired) electrons. The van der Waals surface area contributed by atoms with Crippen LogP contribution < -0.4 is 0 Å². The van der Waals surface area contributed by atoms with E-state index >= 15 is 0 Å². The van der Waals surface area contributed by atoms with Crippen molar-refractivity contribution in [3.05, 3.63) is 69.5 Å². The SMILES string of the molecule is OC(c1ccc(Cl)cc1)c1ccc(F)cc1Cl. The van der Waals surface area contributed by atoms with Gasteiger partial charge in [0, 0.05) is 15.6 Å². The normalized spacial score (nSPS) is 12.5. The van der Waals surface area contributed by atoms with Crippen LogP contribution in [0.5, 0.6) is 0 Å². The summed E-state index contributed by atoms with van der Waals surface area (Å²) in [7, 11) is 0. The predicted molar refractivity (Wildman–Crippen MR) is 66.9 cm³/mol. The van der Waals surface area contributed by atoms with Crippen LogP contribution in [0, 0.1) is 5.82 Å². The van der Waals surface area contributed by atoms with Gasteiger partial charge in [0.1, 0.15) is 11.9 Å². The highest BCUT2D eigenvalue weighted by Crippen LogP contribution is 2.29. The number of hydrogen-bond donors (Lipinski definition) is 1. The Morgan fingerprint density at radius 3 is 2.24 bits per heavy atom. The second-order valence-electron chi connectivity index (χ2n) is 3.62. The van der Waals surface area contributed by atoms with Crippen molar-refractivity contribution in [1.82, 2.24) is 0 Å². The lowest BCUT2D eigenvalue weighted by Gasteiger charge is -2.13. The molecule has 0 heterocycles. The highest BCUT2D eigenvalue weighted by molar-refractivity contribution is 6.31. The molecule has 0 saturated heterocycles. The van der Waals surface area contributed by atoms with E-state index in [1.54, 1.807) is 24.3 Å². The average molecular weight is 271 g/mol. The number of halogens is 3. The average Bonchev–Trinajstić information content (AvgIpc) is 2.29. The van der Waals surface area contributed by atoms with Gasteiger partial charge in [-0.25, -0.2) is 4.39 Å². The van der Waals surface area contributed by atoms with Crippen LogP contribution >= 0.6 is 23.2 Å². The third kappa shape index (κ3) is 2.78. The first-order valence-electron chi connectivity index (χ1n) is 4.96. The van der Waals surface area contributed by atoms with Crippen LogP contribution in [0.15, 0.2) is 42.5 Å². The van der Waals surface area contributed by atoms with E-state index in [0.29, 0.717) is 16.1 Å². The first-order chi connectivity index (χ1) is 8.08. The topological polar surface area (TPSA) is 20.2 Å². The summed E-state index contributed by atoms with van der Waals surface area (Å²) in [6.45, 7) is 0. The zero-order valence-corrected chi connectivity index (χ0v) is 10.2. The summed E-state index contributed by atoms with van der Waals surface area (Å²) < 4.78 is 12.9. The molecule has 2 aromatic carbocycles. The van der Waals surface area contributed by atoms with Gasteiger partial charge in [-0.2, -0.15) is 0 Å². The van der Waals surface area contributed by atoms with Crippen molar-refractivity contribution >= 4 is 23.2 Å². The lowest BCUT2D eigenvalue weighted by molar-refractivity contribution is 0.220. The minimum atomic E-state index is -0.889. The standard InChI is InChI=1S/C13H9Cl2FO/c14-9-3-1-8(2-4-9)13(17)11-6-5-10(16)7-12(11)15/h1-7,13,17H. The van der Waals surface area contributed by atoms with E-state index in [9.17, 15) is 9.50 Å². The molecule has 0 spiro atoms. The minimum Gasteiger partial charge on any atom is -0.384 e. The fraction of sp³-hybridized carbons (Fsp3) is 0.0769. The third-order valence-electron chi connectivity index (χ3n) is 2.44. The zero-order valence-electron chi connectivity index (χ0n) is 8.70. The van der Waals surface area contributed by atoms with Crippen molar-refractivity contribution in [3.63, 3.8) is 0 Å². The third-order valence-corrected chi connectivity index (χ3v) is 3.02. The van der Waals surface area contributed by atoms with Crippen LogP contribution in [0.1, 0.15) is 17.2 Å². The van der Waals surface area contributed by atoms with E-state index in [4.69, 9.17) is 23.2 Å². The molecular weight excluding hydrogens is 262 g/mol. The molecule has 0 saturated carbocycles. The highest BCUT2D eigenvalue weighted by atomic mass is 35.5. The van der Waals surface area contributed by atoms with Crippen molar-refractivity contribution < 1.29 is 9.50 Å². The molecule has 0 aliphatic carbocycles. The van der Waals surface area contributed by atoms with Gasteiger partial charge >= 0.3 is 0 Å². The van der Waals surface area contributed by atoms with Gasteiger partial charge in [-0.3, -0.25) is 0 Å².